The Kier molecular flexibility index (Phi) is 8.55. The highest BCUT2D eigenvalue weighted by Gasteiger charge is 2.38. The summed E-state index contributed by atoms with van der Waals surface area (Å²) in [5.41, 5.74) is 5.95. The molecule has 0 aromatic heterocycles. The summed E-state index contributed by atoms with van der Waals surface area (Å²) < 4.78 is 0. The van der Waals surface area contributed by atoms with Gasteiger partial charge in [-0.1, -0.05) is 12.8 Å². The first kappa shape index (κ1) is 21.0. The summed E-state index contributed by atoms with van der Waals surface area (Å²) in [7, 11) is 2.15. The average Bonchev–Trinajstić information content (AvgIpc) is 3.18. The Morgan fingerprint density at radius 2 is 1.95 bits per heavy atom. The number of nitrogens with one attached hydrogen (secondary N) is 1. The largest absolute Gasteiger partial charge is 0.354 e. The molecule has 3 N–H and O–H groups in total. The molecule has 2 saturated carbocycles. The van der Waals surface area contributed by atoms with Crippen molar-refractivity contribution in [3.63, 3.8) is 0 Å². The Hall–Kier alpha value is -0.0300. The lowest BCUT2D eigenvalue weighted by Gasteiger charge is -2.37. The third-order valence-corrected chi connectivity index (χ3v) is 4.96. The van der Waals surface area contributed by atoms with Crippen LogP contribution in [0.15, 0.2) is 0 Å². The highest BCUT2D eigenvalue weighted by Crippen LogP contribution is 2.31. The van der Waals surface area contributed by atoms with E-state index in [0.717, 1.165) is 38.3 Å². The van der Waals surface area contributed by atoms with E-state index in [1.165, 1.54) is 12.8 Å². The van der Waals surface area contributed by atoms with E-state index in [1.54, 1.807) is 0 Å². The second-order valence-corrected chi connectivity index (χ2v) is 6.80. The van der Waals surface area contributed by atoms with Crippen LogP contribution in [0.25, 0.3) is 0 Å². The summed E-state index contributed by atoms with van der Waals surface area (Å²) in [6.07, 6.45) is 6.78. The van der Waals surface area contributed by atoms with Gasteiger partial charge in [-0.25, -0.2) is 0 Å². The molecule has 3 atom stereocenters. The molecule has 6 heteroatoms. The second kappa shape index (κ2) is 8.56. The molecule has 0 aromatic rings. The zero-order valence-electron chi connectivity index (χ0n) is 13.4. The molecule has 3 unspecified atom stereocenters. The standard InChI is InChI=1S/C15H29N3O.2ClH/c1-11(18(3)12-7-8-12)10-17-14(19)13-6-4-5-9-15(13,2)16;;/h11-13H,4-10,16H2,1-3H3,(H,17,19);2*1H. The molecule has 2 aliphatic carbocycles. The van der Waals surface area contributed by atoms with Gasteiger partial charge < -0.3 is 11.1 Å². The lowest BCUT2D eigenvalue weighted by molar-refractivity contribution is -0.128. The molecular formula is C15H31Cl2N3O. The summed E-state index contributed by atoms with van der Waals surface area (Å²) in [6.45, 7) is 4.94. The van der Waals surface area contributed by atoms with Crippen molar-refractivity contribution in [2.75, 3.05) is 13.6 Å². The minimum atomic E-state index is -0.325. The Bertz CT molecular complexity index is 335. The predicted molar refractivity (Wildman–Crippen MR) is 92.3 cm³/mol. The van der Waals surface area contributed by atoms with Crippen LogP contribution in [0.4, 0.5) is 0 Å². The molecule has 2 aliphatic rings. The molecule has 0 radical (unpaired) electrons. The highest BCUT2D eigenvalue weighted by molar-refractivity contribution is 5.85. The lowest BCUT2D eigenvalue weighted by Crippen LogP contribution is -2.54. The fourth-order valence-corrected chi connectivity index (χ4v) is 3.15. The smallest absolute Gasteiger partial charge is 0.225 e. The molecule has 0 aromatic carbocycles. The van der Waals surface area contributed by atoms with E-state index < -0.39 is 0 Å². The van der Waals surface area contributed by atoms with Gasteiger partial charge >= 0.3 is 0 Å². The van der Waals surface area contributed by atoms with Gasteiger partial charge in [0.15, 0.2) is 0 Å². The Morgan fingerprint density at radius 1 is 1.33 bits per heavy atom. The SMILES string of the molecule is CC(CNC(=O)C1CCCCC1(C)N)N(C)C1CC1.Cl.Cl. The van der Waals surface area contributed by atoms with Crippen molar-refractivity contribution >= 4 is 30.7 Å². The topological polar surface area (TPSA) is 58.4 Å². The van der Waals surface area contributed by atoms with Gasteiger partial charge in [0.1, 0.15) is 0 Å². The molecular weight excluding hydrogens is 309 g/mol. The molecule has 0 bridgehead atoms. The third-order valence-electron chi connectivity index (χ3n) is 4.96. The number of likely N-dealkylation sites (N-methyl/N-ethyl adjacent to an activating group) is 1. The van der Waals surface area contributed by atoms with E-state index in [-0.39, 0.29) is 42.2 Å². The predicted octanol–water partition coefficient (Wildman–Crippen LogP) is 2.34. The van der Waals surface area contributed by atoms with Crippen LogP contribution in [0.2, 0.25) is 0 Å². The van der Waals surface area contributed by atoms with Crippen molar-refractivity contribution in [2.24, 2.45) is 11.7 Å². The number of hydrogen-bond donors (Lipinski definition) is 2. The van der Waals surface area contributed by atoms with Gasteiger partial charge in [0.2, 0.25) is 5.91 Å². The van der Waals surface area contributed by atoms with Crippen LogP contribution in [0.1, 0.15) is 52.4 Å². The van der Waals surface area contributed by atoms with Gasteiger partial charge in [-0.3, -0.25) is 9.69 Å². The van der Waals surface area contributed by atoms with E-state index >= 15 is 0 Å². The number of carbonyl (C=O) groups excluding carboxylic acids is 1. The minimum Gasteiger partial charge on any atom is -0.354 e. The molecule has 21 heavy (non-hydrogen) atoms. The first-order valence-electron chi connectivity index (χ1n) is 7.70. The van der Waals surface area contributed by atoms with Gasteiger partial charge in [-0.15, -0.1) is 24.8 Å². The van der Waals surface area contributed by atoms with Crippen molar-refractivity contribution in [2.45, 2.75) is 70.0 Å². The lowest BCUT2D eigenvalue weighted by atomic mass is 9.74. The number of carbonyl (C=O) groups is 1. The van der Waals surface area contributed by atoms with E-state index in [0.29, 0.717) is 6.04 Å². The van der Waals surface area contributed by atoms with Crippen LogP contribution in [0.5, 0.6) is 0 Å². The Labute approximate surface area is 141 Å². The van der Waals surface area contributed by atoms with Gasteiger partial charge in [0.05, 0.1) is 5.92 Å². The molecule has 126 valence electrons. The van der Waals surface area contributed by atoms with Crippen LogP contribution in [0.3, 0.4) is 0 Å². The highest BCUT2D eigenvalue weighted by atomic mass is 35.5. The van der Waals surface area contributed by atoms with Crippen molar-refractivity contribution in [1.29, 1.82) is 0 Å². The monoisotopic (exact) mass is 339 g/mol. The maximum atomic E-state index is 12.3. The summed E-state index contributed by atoms with van der Waals surface area (Å²) in [5, 5.41) is 3.11. The number of halogens is 2. The molecule has 0 spiro atoms. The van der Waals surface area contributed by atoms with Gasteiger partial charge in [-0.2, -0.15) is 0 Å². The van der Waals surface area contributed by atoms with Crippen LogP contribution in [0, 0.1) is 5.92 Å². The number of rotatable bonds is 5. The molecule has 0 aliphatic heterocycles. The van der Waals surface area contributed by atoms with Crippen LogP contribution >= 0.6 is 24.8 Å². The number of amides is 1. The third kappa shape index (κ3) is 5.59. The summed E-state index contributed by atoms with van der Waals surface area (Å²) in [4.78, 5) is 14.7. The maximum Gasteiger partial charge on any atom is 0.225 e. The summed E-state index contributed by atoms with van der Waals surface area (Å²) in [5.74, 6) is 0.139. The van der Waals surface area contributed by atoms with E-state index in [2.05, 4.69) is 24.2 Å². The van der Waals surface area contributed by atoms with Crippen LogP contribution < -0.4 is 11.1 Å². The van der Waals surface area contributed by atoms with Crippen molar-refractivity contribution in [3.05, 3.63) is 0 Å². The zero-order valence-corrected chi connectivity index (χ0v) is 15.1. The average molecular weight is 340 g/mol. The van der Waals surface area contributed by atoms with Crippen molar-refractivity contribution < 1.29 is 4.79 Å². The normalized spacial score (nSPS) is 30.0. The molecule has 2 rings (SSSR count). The number of nitrogens with two attached hydrogens (primary N) is 1. The minimum absolute atomic E-state index is 0. The fraction of sp³-hybridized carbons (Fsp3) is 0.933. The molecule has 1 amide bonds. The second-order valence-electron chi connectivity index (χ2n) is 6.80. The van der Waals surface area contributed by atoms with Crippen molar-refractivity contribution in [3.8, 4) is 0 Å². The number of hydrogen-bond acceptors (Lipinski definition) is 3. The Balaban J connectivity index is 0.00000200. The van der Waals surface area contributed by atoms with Gasteiger partial charge in [0.25, 0.3) is 0 Å². The first-order chi connectivity index (χ1) is 8.92. The van der Waals surface area contributed by atoms with E-state index in [1.807, 2.05) is 6.92 Å². The van der Waals surface area contributed by atoms with Crippen molar-refractivity contribution in [1.82, 2.24) is 10.2 Å². The summed E-state index contributed by atoms with van der Waals surface area (Å²) >= 11 is 0. The molecule has 4 nitrogen and oxygen atoms in total. The summed E-state index contributed by atoms with van der Waals surface area (Å²) in [6, 6.07) is 1.14. The quantitative estimate of drug-likeness (QED) is 0.808. The molecule has 0 saturated heterocycles. The molecule has 0 heterocycles. The maximum absolute atomic E-state index is 12.3. The van der Waals surface area contributed by atoms with Crippen LogP contribution in [-0.4, -0.2) is 42.0 Å². The molecule has 2 fully saturated rings. The number of nitrogens with zero attached hydrogens (tertiary/aromatic N) is 1. The Morgan fingerprint density at radius 3 is 2.48 bits per heavy atom. The van der Waals surface area contributed by atoms with E-state index in [4.69, 9.17) is 5.73 Å². The fourth-order valence-electron chi connectivity index (χ4n) is 3.15. The van der Waals surface area contributed by atoms with E-state index in [9.17, 15) is 4.79 Å². The van der Waals surface area contributed by atoms with Gasteiger partial charge in [0, 0.05) is 24.2 Å². The first-order valence-corrected chi connectivity index (χ1v) is 7.70. The van der Waals surface area contributed by atoms with Crippen LogP contribution in [-0.2, 0) is 4.79 Å². The van der Waals surface area contributed by atoms with Gasteiger partial charge in [-0.05, 0) is 46.6 Å². The zero-order chi connectivity index (χ0) is 14.0.